The molecule has 0 aliphatic rings. The van der Waals surface area contributed by atoms with Crippen molar-refractivity contribution in [2.24, 2.45) is 0 Å². The smallest absolute Gasteiger partial charge is 0.214 e. The predicted octanol–water partition coefficient (Wildman–Crippen LogP) is 3.01. The normalized spacial score (nSPS) is 11.9. The Labute approximate surface area is 159 Å². The van der Waals surface area contributed by atoms with E-state index in [-0.39, 0.29) is 11.5 Å². The van der Waals surface area contributed by atoms with Gasteiger partial charge in [0.1, 0.15) is 5.01 Å². The van der Waals surface area contributed by atoms with Crippen LogP contribution in [0.1, 0.15) is 27.7 Å². The van der Waals surface area contributed by atoms with Crippen molar-refractivity contribution in [3.8, 4) is 11.8 Å². The molecule has 0 saturated heterocycles. The number of rotatable bonds is 6. The number of nitriles is 1. The minimum Gasteiger partial charge on any atom is -0.297 e. The van der Waals surface area contributed by atoms with Gasteiger partial charge in [-0.2, -0.15) is 9.94 Å². The van der Waals surface area contributed by atoms with Crippen molar-refractivity contribution in [3.63, 3.8) is 0 Å². The number of benzene rings is 1. The molecule has 1 atom stereocenters. The molecule has 26 heavy (non-hydrogen) atoms. The van der Waals surface area contributed by atoms with Gasteiger partial charge in [-0.3, -0.25) is 4.79 Å². The monoisotopic (exact) mass is 384 g/mol. The minimum absolute atomic E-state index is 0.0993. The molecule has 0 amide bonds. The molecule has 3 aromatic rings. The standard InChI is InChI=1S/C17H16N6OS2/c1-10-4-5-13(6-11(10)2)23-17(20-21-22-23)26-9-15(24)14(7-18)16-19-12(3)8-25-16/h4-6,8,14H,9H2,1-3H3/t14-/m1/s1. The van der Waals surface area contributed by atoms with E-state index < -0.39 is 5.92 Å². The molecular formula is C17H16N6OS2. The molecule has 0 unspecified atom stereocenters. The second kappa shape index (κ2) is 7.76. The van der Waals surface area contributed by atoms with E-state index in [0.717, 1.165) is 16.9 Å². The number of ketones is 1. The fourth-order valence-electron chi connectivity index (χ4n) is 2.28. The van der Waals surface area contributed by atoms with E-state index >= 15 is 0 Å². The summed E-state index contributed by atoms with van der Waals surface area (Å²) in [5.74, 6) is -0.962. The highest BCUT2D eigenvalue weighted by Gasteiger charge is 2.24. The molecule has 0 aliphatic heterocycles. The van der Waals surface area contributed by atoms with Gasteiger partial charge in [-0.15, -0.1) is 16.4 Å². The van der Waals surface area contributed by atoms with Crippen LogP contribution < -0.4 is 0 Å². The first kappa shape index (κ1) is 18.2. The molecule has 0 radical (unpaired) electrons. The number of tetrazole rings is 1. The second-order valence-electron chi connectivity index (χ2n) is 5.79. The number of thioether (sulfide) groups is 1. The lowest BCUT2D eigenvalue weighted by atomic mass is 10.1. The average Bonchev–Trinajstić information content (AvgIpc) is 3.25. The molecule has 7 nitrogen and oxygen atoms in total. The minimum atomic E-state index is -0.854. The molecule has 0 saturated carbocycles. The zero-order chi connectivity index (χ0) is 18.7. The first-order valence-corrected chi connectivity index (χ1v) is 9.69. The summed E-state index contributed by atoms with van der Waals surface area (Å²) in [5, 5.41) is 23.9. The first-order valence-electron chi connectivity index (χ1n) is 7.82. The zero-order valence-corrected chi connectivity index (χ0v) is 16.1. The van der Waals surface area contributed by atoms with Gasteiger partial charge in [0.05, 0.1) is 17.5 Å². The lowest BCUT2D eigenvalue weighted by molar-refractivity contribution is -0.116. The number of nitrogens with zero attached hydrogens (tertiary/aromatic N) is 6. The molecule has 2 heterocycles. The maximum Gasteiger partial charge on any atom is 0.214 e. The molecule has 9 heteroatoms. The van der Waals surface area contributed by atoms with Gasteiger partial charge in [0.15, 0.2) is 11.7 Å². The summed E-state index contributed by atoms with van der Waals surface area (Å²) in [5.41, 5.74) is 3.96. The Kier molecular flexibility index (Phi) is 5.44. The van der Waals surface area contributed by atoms with E-state index in [0.29, 0.717) is 10.2 Å². The van der Waals surface area contributed by atoms with Crippen molar-refractivity contribution in [3.05, 3.63) is 45.4 Å². The van der Waals surface area contributed by atoms with Crippen LogP contribution in [0.25, 0.3) is 5.69 Å². The largest absolute Gasteiger partial charge is 0.297 e. The van der Waals surface area contributed by atoms with Crippen LogP contribution in [-0.4, -0.2) is 36.7 Å². The highest BCUT2D eigenvalue weighted by atomic mass is 32.2. The summed E-state index contributed by atoms with van der Waals surface area (Å²) in [4.78, 5) is 16.7. The number of aromatic nitrogens is 5. The maximum absolute atomic E-state index is 12.5. The number of thiazole rings is 1. The SMILES string of the molecule is Cc1csc([C@H](C#N)C(=O)CSc2nnnn2-c2ccc(C)c(C)c2)n1. The van der Waals surface area contributed by atoms with Gasteiger partial charge in [-0.1, -0.05) is 17.8 Å². The summed E-state index contributed by atoms with van der Waals surface area (Å²) in [7, 11) is 0. The summed E-state index contributed by atoms with van der Waals surface area (Å²) >= 11 is 2.54. The molecule has 0 aliphatic carbocycles. The van der Waals surface area contributed by atoms with Crippen molar-refractivity contribution in [2.45, 2.75) is 31.8 Å². The average molecular weight is 384 g/mol. The van der Waals surface area contributed by atoms with Crippen LogP contribution in [0.2, 0.25) is 0 Å². The van der Waals surface area contributed by atoms with Gasteiger partial charge < -0.3 is 0 Å². The fourth-order valence-corrected chi connectivity index (χ4v) is 3.93. The molecule has 3 rings (SSSR count). The van der Waals surface area contributed by atoms with Gasteiger partial charge >= 0.3 is 0 Å². The number of carbonyl (C=O) groups is 1. The first-order chi connectivity index (χ1) is 12.5. The Morgan fingerprint density at radius 3 is 2.81 bits per heavy atom. The Morgan fingerprint density at radius 2 is 2.15 bits per heavy atom. The van der Waals surface area contributed by atoms with Gasteiger partial charge in [0.25, 0.3) is 0 Å². The van der Waals surface area contributed by atoms with Crippen LogP contribution in [0.15, 0.2) is 28.7 Å². The van der Waals surface area contributed by atoms with Crippen LogP contribution in [0, 0.1) is 32.1 Å². The van der Waals surface area contributed by atoms with Crippen molar-refractivity contribution >= 4 is 28.9 Å². The maximum atomic E-state index is 12.5. The summed E-state index contributed by atoms with van der Waals surface area (Å²) in [6, 6.07) is 7.98. The number of carbonyl (C=O) groups excluding carboxylic acids is 1. The van der Waals surface area contributed by atoms with E-state index in [2.05, 4.69) is 20.5 Å². The van der Waals surface area contributed by atoms with E-state index in [1.807, 2.05) is 50.4 Å². The zero-order valence-electron chi connectivity index (χ0n) is 14.5. The van der Waals surface area contributed by atoms with E-state index in [1.165, 1.54) is 28.7 Å². The van der Waals surface area contributed by atoms with E-state index in [9.17, 15) is 10.1 Å². The van der Waals surface area contributed by atoms with Crippen molar-refractivity contribution < 1.29 is 4.79 Å². The predicted molar refractivity (Wildman–Crippen MR) is 99.6 cm³/mol. The molecule has 2 aromatic heterocycles. The van der Waals surface area contributed by atoms with Crippen LogP contribution in [-0.2, 0) is 4.79 Å². The molecule has 132 valence electrons. The van der Waals surface area contributed by atoms with Crippen LogP contribution in [0.5, 0.6) is 0 Å². The highest BCUT2D eigenvalue weighted by molar-refractivity contribution is 7.99. The molecule has 0 spiro atoms. The third kappa shape index (κ3) is 3.81. The van der Waals surface area contributed by atoms with Gasteiger partial charge in [-0.05, 0) is 54.5 Å². The summed E-state index contributed by atoms with van der Waals surface area (Å²) in [6.45, 7) is 5.90. The molecule has 0 N–H and O–H groups in total. The third-order valence-corrected chi connectivity index (χ3v) is 5.82. The molecule has 0 fully saturated rings. The lowest BCUT2D eigenvalue weighted by Crippen LogP contribution is -2.13. The Hall–Kier alpha value is -2.57. The fraction of sp³-hybridized carbons (Fsp3) is 0.294. The van der Waals surface area contributed by atoms with Gasteiger partial charge in [-0.25, -0.2) is 4.98 Å². The number of aryl methyl sites for hydroxylation is 3. The quantitative estimate of drug-likeness (QED) is 0.603. The van der Waals surface area contributed by atoms with Crippen molar-refractivity contribution in [1.82, 2.24) is 25.2 Å². The summed E-state index contributed by atoms with van der Waals surface area (Å²) in [6.07, 6.45) is 0. The number of hydrogen-bond acceptors (Lipinski definition) is 8. The van der Waals surface area contributed by atoms with Crippen LogP contribution >= 0.6 is 23.1 Å². The molecular weight excluding hydrogens is 368 g/mol. The van der Waals surface area contributed by atoms with Gasteiger partial charge in [0.2, 0.25) is 5.16 Å². The molecule has 1 aromatic carbocycles. The van der Waals surface area contributed by atoms with E-state index in [4.69, 9.17) is 0 Å². The Morgan fingerprint density at radius 1 is 1.35 bits per heavy atom. The second-order valence-corrected chi connectivity index (χ2v) is 7.62. The number of hydrogen-bond donors (Lipinski definition) is 0. The highest BCUT2D eigenvalue weighted by Crippen LogP contribution is 2.25. The van der Waals surface area contributed by atoms with E-state index in [1.54, 1.807) is 4.68 Å². The van der Waals surface area contributed by atoms with Crippen LogP contribution in [0.4, 0.5) is 0 Å². The van der Waals surface area contributed by atoms with Crippen molar-refractivity contribution in [1.29, 1.82) is 5.26 Å². The van der Waals surface area contributed by atoms with Gasteiger partial charge in [0, 0.05) is 11.1 Å². The molecule has 0 bridgehead atoms. The topological polar surface area (TPSA) is 97.4 Å². The van der Waals surface area contributed by atoms with Crippen LogP contribution in [0.3, 0.4) is 0 Å². The Bertz CT molecular complexity index is 987. The third-order valence-electron chi connectivity index (χ3n) is 3.85. The lowest BCUT2D eigenvalue weighted by Gasteiger charge is -2.07. The Balaban J connectivity index is 1.74. The van der Waals surface area contributed by atoms with Crippen molar-refractivity contribution in [2.75, 3.05) is 5.75 Å². The summed E-state index contributed by atoms with van der Waals surface area (Å²) < 4.78 is 1.60. The number of Topliss-reactive ketones (excluding diaryl/α,β-unsaturated/α-hetero) is 1.